The van der Waals surface area contributed by atoms with Gasteiger partial charge in [-0.1, -0.05) is 55.0 Å². The van der Waals surface area contributed by atoms with Crippen molar-refractivity contribution in [3.05, 3.63) is 95.8 Å². The molecule has 0 unspecified atom stereocenters. The maximum absolute atomic E-state index is 13.8. The number of benzene rings is 3. The van der Waals surface area contributed by atoms with Gasteiger partial charge in [0.15, 0.2) is 0 Å². The summed E-state index contributed by atoms with van der Waals surface area (Å²) in [7, 11) is -4.23. The van der Waals surface area contributed by atoms with E-state index in [2.05, 4.69) is 5.32 Å². The molecule has 2 atom stereocenters. The van der Waals surface area contributed by atoms with Crippen molar-refractivity contribution in [1.82, 2.24) is 10.2 Å². The van der Waals surface area contributed by atoms with Crippen LogP contribution in [0.4, 0.5) is 10.1 Å². The highest BCUT2D eigenvalue weighted by atomic mass is 32.2. The van der Waals surface area contributed by atoms with Crippen molar-refractivity contribution < 1.29 is 22.4 Å². The third-order valence-electron chi connectivity index (χ3n) is 6.65. The normalized spacial score (nSPS) is 12.8. The van der Waals surface area contributed by atoms with Crippen LogP contribution in [-0.4, -0.2) is 50.3 Å². The Morgan fingerprint density at radius 3 is 2.13 bits per heavy atom. The van der Waals surface area contributed by atoms with Gasteiger partial charge in [-0.05, 0) is 75.6 Å². The highest BCUT2D eigenvalue weighted by Crippen LogP contribution is 2.25. The first-order chi connectivity index (χ1) is 18.5. The minimum Gasteiger partial charge on any atom is -0.352 e. The molecule has 0 fully saturated rings. The lowest BCUT2D eigenvalue weighted by atomic mass is 10.1. The van der Waals surface area contributed by atoms with E-state index < -0.39 is 34.3 Å². The number of carbonyl (C=O) groups is 2. The molecule has 3 aromatic carbocycles. The summed E-state index contributed by atoms with van der Waals surface area (Å²) in [5.41, 5.74) is 2.20. The Morgan fingerprint density at radius 2 is 1.54 bits per heavy atom. The molecule has 0 bridgehead atoms. The van der Waals surface area contributed by atoms with Gasteiger partial charge in [0.25, 0.3) is 10.0 Å². The van der Waals surface area contributed by atoms with Crippen molar-refractivity contribution in [3.63, 3.8) is 0 Å². The summed E-state index contributed by atoms with van der Waals surface area (Å²) in [4.78, 5) is 28.1. The third-order valence-corrected chi connectivity index (χ3v) is 8.44. The Labute approximate surface area is 230 Å². The highest BCUT2D eigenvalue weighted by Gasteiger charge is 2.32. The fourth-order valence-corrected chi connectivity index (χ4v) is 5.42. The van der Waals surface area contributed by atoms with Gasteiger partial charge in [0.05, 0.1) is 10.6 Å². The van der Waals surface area contributed by atoms with E-state index in [1.54, 1.807) is 31.2 Å². The van der Waals surface area contributed by atoms with Crippen molar-refractivity contribution in [3.8, 4) is 0 Å². The Morgan fingerprint density at radius 1 is 0.923 bits per heavy atom. The van der Waals surface area contributed by atoms with Crippen LogP contribution < -0.4 is 9.62 Å². The highest BCUT2D eigenvalue weighted by molar-refractivity contribution is 7.92. The molecule has 0 aliphatic rings. The number of rotatable bonds is 12. The Kier molecular flexibility index (Phi) is 10.2. The van der Waals surface area contributed by atoms with E-state index >= 15 is 0 Å². The van der Waals surface area contributed by atoms with E-state index in [9.17, 15) is 22.4 Å². The summed E-state index contributed by atoms with van der Waals surface area (Å²) in [5, 5.41) is 2.92. The smallest absolute Gasteiger partial charge is 0.264 e. The van der Waals surface area contributed by atoms with Gasteiger partial charge in [0, 0.05) is 12.6 Å². The lowest BCUT2D eigenvalue weighted by molar-refractivity contribution is -0.139. The van der Waals surface area contributed by atoms with Crippen LogP contribution in [0.3, 0.4) is 0 Å². The number of carbonyl (C=O) groups excluding carboxylic acids is 2. The minimum atomic E-state index is -4.23. The molecule has 9 heteroatoms. The van der Waals surface area contributed by atoms with Crippen LogP contribution in [0, 0.1) is 12.7 Å². The summed E-state index contributed by atoms with van der Waals surface area (Å²) in [6.45, 7) is 7.04. The minimum absolute atomic E-state index is 0.0751. The van der Waals surface area contributed by atoms with Crippen molar-refractivity contribution in [2.45, 2.75) is 57.5 Å². The summed E-state index contributed by atoms with van der Waals surface area (Å²) < 4.78 is 42.0. The van der Waals surface area contributed by atoms with E-state index in [0.717, 1.165) is 34.0 Å². The molecular formula is C30H36FN3O4S. The number of hydrogen-bond acceptors (Lipinski definition) is 4. The average molecular weight is 554 g/mol. The van der Waals surface area contributed by atoms with Crippen LogP contribution >= 0.6 is 0 Å². The number of anilines is 1. The quantitative estimate of drug-likeness (QED) is 0.352. The molecule has 0 aromatic heterocycles. The van der Waals surface area contributed by atoms with Crippen LogP contribution in [0.25, 0.3) is 0 Å². The second kappa shape index (κ2) is 13.4. The van der Waals surface area contributed by atoms with Gasteiger partial charge in [-0.2, -0.15) is 0 Å². The third kappa shape index (κ3) is 7.89. The van der Waals surface area contributed by atoms with Crippen LogP contribution in [0.15, 0.2) is 83.8 Å². The van der Waals surface area contributed by atoms with Crippen molar-refractivity contribution in [1.29, 1.82) is 0 Å². The molecular weight excluding hydrogens is 517 g/mol. The number of nitrogens with one attached hydrogen (secondary N) is 1. The zero-order valence-electron chi connectivity index (χ0n) is 22.8. The lowest BCUT2D eigenvalue weighted by Gasteiger charge is -2.32. The topological polar surface area (TPSA) is 86.8 Å². The van der Waals surface area contributed by atoms with Crippen LogP contribution in [0.5, 0.6) is 0 Å². The lowest BCUT2D eigenvalue weighted by Crippen LogP contribution is -2.53. The van der Waals surface area contributed by atoms with Crippen LogP contribution in [0.2, 0.25) is 0 Å². The monoisotopic (exact) mass is 553 g/mol. The molecule has 2 amide bonds. The van der Waals surface area contributed by atoms with Crippen molar-refractivity contribution in [2.24, 2.45) is 0 Å². The number of nitrogens with zero attached hydrogens (tertiary/aromatic N) is 2. The van der Waals surface area contributed by atoms with Gasteiger partial charge < -0.3 is 10.2 Å². The summed E-state index contributed by atoms with van der Waals surface area (Å²) >= 11 is 0. The second-order valence-electron chi connectivity index (χ2n) is 9.62. The predicted octanol–water partition coefficient (Wildman–Crippen LogP) is 4.70. The first-order valence-electron chi connectivity index (χ1n) is 13.0. The first kappa shape index (κ1) is 29.8. The molecule has 0 aliphatic heterocycles. The molecule has 0 saturated carbocycles. The fraction of sp³-hybridized carbons (Fsp3) is 0.333. The fourth-order valence-electron chi connectivity index (χ4n) is 4.01. The molecule has 39 heavy (non-hydrogen) atoms. The largest absolute Gasteiger partial charge is 0.352 e. The van der Waals surface area contributed by atoms with Crippen molar-refractivity contribution in [2.75, 3.05) is 17.4 Å². The van der Waals surface area contributed by atoms with Gasteiger partial charge in [0.2, 0.25) is 11.8 Å². The number of amides is 2. The number of halogens is 1. The number of sulfonamides is 1. The SMILES string of the molecule is CC[C@H](C)NC(=O)[C@H](C)N(CCc1ccccc1)C(=O)CN(c1ccc(C)cc1)S(=O)(=O)c1ccc(F)cc1. The van der Waals surface area contributed by atoms with E-state index in [4.69, 9.17) is 0 Å². The zero-order valence-corrected chi connectivity index (χ0v) is 23.6. The molecule has 0 spiro atoms. The van der Waals surface area contributed by atoms with E-state index in [-0.39, 0.29) is 29.1 Å². The maximum atomic E-state index is 13.8. The first-order valence-corrected chi connectivity index (χ1v) is 14.5. The van der Waals surface area contributed by atoms with Gasteiger partial charge in [-0.15, -0.1) is 0 Å². The molecule has 3 rings (SSSR count). The van der Waals surface area contributed by atoms with Gasteiger partial charge in [-0.3, -0.25) is 13.9 Å². The van der Waals surface area contributed by atoms with Crippen LogP contribution in [-0.2, 0) is 26.0 Å². The zero-order chi connectivity index (χ0) is 28.6. The standard InChI is InChI=1S/C30H36FN3O4S/c1-5-23(3)32-30(36)24(4)33(20-19-25-9-7-6-8-10-25)29(35)21-34(27-15-11-22(2)12-16-27)39(37,38)28-17-13-26(31)14-18-28/h6-18,23-24H,5,19-21H2,1-4H3,(H,32,36)/t23-,24-/m0/s1. The van der Waals surface area contributed by atoms with E-state index in [1.807, 2.05) is 51.1 Å². The Hall–Kier alpha value is -3.72. The summed E-state index contributed by atoms with van der Waals surface area (Å²) in [6.07, 6.45) is 1.22. The molecule has 208 valence electrons. The molecule has 0 saturated heterocycles. The Balaban J connectivity index is 1.96. The molecule has 0 radical (unpaired) electrons. The molecule has 7 nitrogen and oxygen atoms in total. The summed E-state index contributed by atoms with van der Waals surface area (Å²) in [6, 6.07) is 19.9. The molecule has 1 N–H and O–H groups in total. The second-order valence-corrected chi connectivity index (χ2v) is 11.5. The van der Waals surface area contributed by atoms with E-state index in [1.165, 1.54) is 17.0 Å². The predicted molar refractivity (Wildman–Crippen MR) is 151 cm³/mol. The van der Waals surface area contributed by atoms with Gasteiger partial charge in [0.1, 0.15) is 18.4 Å². The molecule has 3 aromatic rings. The number of hydrogen-bond donors (Lipinski definition) is 1. The Bertz CT molecular complexity index is 1350. The average Bonchev–Trinajstić information content (AvgIpc) is 2.93. The maximum Gasteiger partial charge on any atom is 0.264 e. The van der Waals surface area contributed by atoms with Crippen LogP contribution in [0.1, 0.15) is 38.3 Å². The van der Waals surface area contributed by atoms with Gasteiger partial charge >= 0.3 is 0 Å². The number of aryl methyl sites for hydroxylation is 1. The van der Waals surface area contributed by atoms with E-state index in [0.29, 0.717) is 6.42 Å². The molecule has 0 heterocycles. The summed E-state index contributed by atoms with van der Waals surface area (Å²) in [5.74, 6) is -1.40. The van der Waals surface area contributed by atoms with Gasteiger partial charge in [-0.25, -0.2) is 12.8 Å². The van der Waals surface area contributed by atoms with Crippen molar-refractivity contribution >= 4 is 27.5 Å². The molecule has 0 aliphatic carbocycles.